The van der Waals surface area contributed by atoms with Gasteiger partial charge in [-0.2, -0.15) is 0 Å². The Morgan fingerprint density at radius 2 is 2.38 bits per heavy atom. The van der Waals surface area contributed by atoms with Crippen LogP contribution in [0.15, 0.2) is 11.4 Å². The number of thiophene rings is 1. The monoisotopic (exact) mass is 199 g/mol. The highest BCUT2D eigenvalue weighted by Gasteiger charge is 2.07. The summed E-state index contributed by atoms with van der Waals surface area (Å²) < 4.78 is 4.98. The van der Waals surface area contributed by atoms with Gasteiger partial charge in [-0.25, -0.2) is 0 Å². The topological polar surface area (TPSA) is 21.3 Å². The molecule has 3 heteroatoms. The van der Waals surface area contributed by atoms with Crippen LogP contribution in [0.1, 0.15) is 23.4 Å². The third-order valence-electron chi connectivity index (χ3n) is 2.05. The van der Waals surface area contributed by atoms with E-state index in [2.05, 4.69) is 30.6 Å². The highest BCUT2D eigenvalue weighted by Crippen LogP contribution is 2.22. The molecule has 0 bridgehead atoms. The molecule has 0 radical (unpaired) electrons. The molecule has 0 saturated heterocycles. The van der Waals surface area contributed by atoms with Gasteiger partial charge in [-0.15, -0.1) is 11.3 Å². The van der Waals surface area contributed by atoms with Crippen molar-refractivity contribution in [2.45, 2.75) is 19.9 Å². The molecule has 0 aromatic carbocycles. The first-order chi connectivity index (χ1) is 6.25. The van der Waals surface area contributed by atoms with Gasteiger partial charge in [-0.3, -0.25) is 0 Å². The molecule has 13 heavy (non-hydrogen) atoms. The van der Waals surface area contributed by atoms with Crippen molar-refractivity contribution in [2.24, 2.45) is 0 Å². The van der Waals surface area contributed by atoms with E-state index >= 15 is 0 Å². The quantitative estimate of drug-likeness (QED) is 0.735. The predicted molar refractivity (Wildman–Crippen MR) is 57.3 cm³/mol. The summed E-state index contributed by atoms with van der Waals surface area (Å²) in [6, 6.07) is 2.60. The van der Waals surface area contributed by atoms with Crippen LogP contribution < -0.4 is 5.32 Å². The Morgan fingerprint density at radius 1 is 1.62 bits per heavy atom. The highest BCUT2D eigenvalue weighted by molar-refractivity contribution is 7.10. The van der Waals surface area contributed by atoms with E-state index in [4.69, 9.17) is 4.74 Å². The fourth-order valence-electron chi connectivity index (χ4n) is 1.30. The van der Waals surface area contributed by atoms with Gasteiger partial charge in [0.15, 0.2) is 0 Å². The fraction of sp³-hybridized carbons (Fsp3) is 0.600. The van der Waals surface area contributed by atoms with E-state index in [-0.39, 0.29) is 0 Å². The van der Waals surface area contributed by atoms with E-state index < -0.39 is 0 Å². The molecule has 0 aliphatic rings. The lowest BCUT2D eigenvalue weighted by atomic mass is 10.2. The van der Waals surface area contributed by atoms with Crippen molar-refractivity contribution in [3.63, 3.8) is 0 Å². The minimum absolute atomic E-state index is 0.440. The fourth-order valence-corrected chi connectivity index (χ4v) is 2.26. The van der Waals surface area contributed by atoms with E-state index in [1.54, 1.807) is 7.11 Å². The van der Waals surface area contributed by atoms with Crippen molar-refractivity contribution < 1.29 is 4.74 Å². The second-order valence-corrected chi connectivity index (χ2v) is 4.08. The number of hydrogen-bond acceptors (Lipinski definition) is 3. The molecule has 1 atom stereocenters. The predicted octanol–water partition coefficient (Wildman–Crippen LogP) is 2.35. The molecule has 1 aromatic heterocycles. The Bertz CT molecular complexity index is 247. The van der Waals surface area contributed by atoms with E-state index in [1.807, 2.05) is 11.3 Å². The van der Waals surface area contributed by atoms with Crippen molar-refractivity contribution in [1.29, 1.82) is 0 Å². The highest BCUT2D eigenvalue weighted by atomic mass is 32.1. The lowest BCUT2D eigenvalue weighted by Crippen LogP contribution is -2.22. The summed E-state index contributed by atoms with van der Waals surface area (Å²) >= 11 is 1.81. The maximum absolute atomic E-state index is 4.98. The maximum Gasteiger partial charge on any atom is 0.0587 e. The number of rotatable bonds is 5. The Morgan fingerprint density at radius 3 is 2.92 bits per heavy atom. The van der Waals surface area contributed by atoms with Crippen molar-refractivity contribution in [2.75, 3.05) is 20.3 Å². The van der Waals surface area contributed by atoms with Crippen LogP contribution in [0.25, 0.3) is 0 Å². The van der Waals surface area contributed by atoms with Crippen molar-refractivity contribution in [1.82, 2.24) is 5.32 Å². The molecule has 0 spiro atoms. The van der Waals surface area contributed by atoms with Crippen LogP contribution in [0.5, 0.6) is 0 Å². The average Bonchev–Trinajstić information content (AvgIpc) is 2.52. The molecule has 1 heterocycles. The van der Waals surface area contributed by atoms with Gasteiger partial charge in [0.25, 0.3) is 0 Å². The zero-order chi connectivity index (χ0) is 9.68. The van der Waals surface area contributed by atoms with Gasteiger partial charge in [0, 0.05) is 24.6 Å². The number of hydrogen-bond donors (Lipinski definition) is 1. The van der Waals surface area contributed by atoms with E-state index in [0.717, 1.165) is 13.2 Å². The molecule has 74 valence electrons. The second-order valence-electron chi connectivity index (χ2n) is 3.14. The summed E-state index contributed by atoms with van der Waals surface area (Å²) in [6.45, 7) is 6.03. The number of ether oxygens (including phenoxy) is 1. The summed E-state index contributed by atoms with van der Waals surface area (Å²) in [6.07, 6.45) is 0. The third-order valence-corrected chi connectivity index (χ3v) is 3.25. The average molecular weight is 199 g/mol. The van der Waals surface area contributed by atoms with Crippen molar-refractivity contribution in [3.8, 4) is 0 Å². The van der Waals surface area contributed by atoms with E-state index in [9.17, 15) is 0 Å². The van der Waals surface area contributed by atoms with Gasteiger partial charge >= 0.3 is 0 Å². The van der Waals surface area contributed by atoms with E-state index in [0.29, 0.717) is 6.04 Å². The van der Waals surface area contributed by atoms with Crippen LogP contribution in [0, 0.1) is 6.92 Å². The number of nitrogens with one attached hydrogen (secondary N) is 1. The molecule has 1 rings (SSSR count). The summed E-state index contributed by atoms with van der Waals surface area (Å²) in [5.74, 6) is 0. The van der Waals surface area contributed by atoms with Crippen LogP contribution in [0.4, 0.5) is 0 Å². The lowest BCUT2D eigenvalue weighted by molar-refractivity contribution is 0.196. The molecule has 0 amide bonds. The van der Waals surface area contributed by atoms with Gasteiger partial charge in [0.1, 0.15) is 0 Å². The molecule has 0 fully saturated rings. The Hall–Kier alpha value is -0.380. The van der Waals surface area contributed by atoms with E-state index in [1.165, 1.54) is 10.4 Å². The molecule has 0 saturated carbocycles. The van der Waals surface area contributed by atoms with Crippen LogP contribution in [-0.4, -0.2) is 20.3 Å². The van der Waals surface area contributed by atoms with Crippen molar-refractivity contribution in [3.05, 3.63) is 21.9 Å². The van der Waals surface area contributed by atoms with Crippen LogP contribution in [0.3, 0.4) is 0 Å². The largest absolute Gasteiger partial charge is 0.383 e. The normalized spacial score (nSPS) is 13.2. The summed E-state index contributed by atoms with van der Waals surface area (Å²) in [4.78, 5) is 1.43. The Kier molecular flexibility index (Phi) is 4.42. The molecule has 2 nitrogen and oxygen atoms in total. The molecule has 1 aromatic rings. The van der Waals surface area contributed by atoms with Gasteiger partial charge in [0.05, 0.1) is 6.61 Å². The SMILES string of the molecule is COCCNC(C)c1sccc1C. The summed E-state index contributed by atoms with van der Waals surface area (Å²) in [7, 11) is 1.72. The molecule has 0 aliphatic heterocycles. The van der Waals surface area contributed by atoms with Crippen molar-refractivity contribution >= 4 is 11.3 Å². The van der Waals surface area contributed by atoms with Crippen LogP contribution in [-0.2, 0) is 4.74 Å². The molecule has 1 unspecified atom stereocenters. The number of aryl methyl sites for hydroxylation is 1. The second kappa shape index (κ2) is 5.37. The van der Waals surface area contributed by atoms with Gasteiger partial charge in [-0.1, -0.05) is 0 Å². The Balaban J connectivity index is 2.39. The van der Waals surface area contributed by atoms with Gasteiger partial charge in [0.2, 0.25) is 0 Å². The molecule has 0 aliphatic carbocycles. The standard InChI is InChI=1S/C10H17NOS/c1-8-4-7-13-10(8)9(2)11-5-6-12-3/h4,7,9,11H,5-6H2,1-3H3. The summed E-state index contributed by atoms with van der Waals surface area (Å²) in [5.41, 5.74) is 1.38. The molecular weight excluding hydrogens is 182 g/mol. The maximum atomic E-state index is 4.98. The molecular formula is C10H17NOS. The zero-order valence-electron chi connectivity index (χ0n) is 8.46. The van der Waals surface area contributed by atoms with Gasteiger partial charge in [-0.05, 0) is 30.9 Å². The summed E-state index contributed by atoms with van der Waals surface area (Å²) in [5, 5.41) is 5.55. The smallest absolute Gasteiger partial charge is 0.0587 e. The molecule has 1 N–H and O–H groups in total. The first-order valence-electron chi connectivity index (χ1n) is 4.52. The first kappa shape index (κ1) is 10.7. The third kappa shape index (κ3) is 3.10. The minimum Gasteiger partial charge on any atom is -0.383 e. The minimum atomic E-state index is 0.440. The Labute approximate surface area is 83.9 Å². The zero-order valence-corrected chi connectivity index (χ0v) is 9.28. The number of methoxy groups -OCH3 is 1. The first-order valence-corrected chi connectivity index (χ1v) is 5.40. The lowest BCUT2D eigenvalue weighted by Gasteiger charge is -2.12. The van der Waals surface area contributed by atoms with Gasteiger partial charge < -0.3 is 10.1 Å². The van der Waals surface area contributed by atoms with Crippen LogP contribution >= 0.6 is 11.3 Å². The van der Waals surface area contributed by atoms with Crippen LogP contribution in [0.2, 0.25) is 0 Å².